The van der Waals surface area contributed by atoms with Crippen LogP contribution in [0.5, 0.6) is 0 Å². The summed E-state index contributed by atoms with van der Waals surface area (Å²) in [6, 6.07) is -0.539. The van der Waals surface area contributed by atoms with Gasteiger partial charge in [0.25, 0.3) is 0 Å². The Morgan fingerprint density at radius 2 is 2.16 bits per heavy atom. The van der Waals surface area contributed by atoms with Crippen LogP contribution in [0.15, 0.2) is 0 Å². The first-order chi connectivity index (χ1) is 8.88. The topological polar surface area (TPSA) is 105 Å². The molecule has 1 saturated heterocycles. The van der Waals surface area contributed by atoms with E-state index in [0.29, 0.717) is 18.6 Å². The van der Waals surface area contributed by atoms with Crippen LogP contribution >= 0.6 is 0 Å². The van der Waals surface area contributed by atoms with Gasteiger partial charge in [-0.05, 0) is 19.8 Å². The summed E-state index contributed by atoms with van der Waals surface area (Å²) in [6.07, 6.45) is 1.63. The van der Waals surface area contributed by atoms with Gasteiger partial charge in [-0.1, -0.05) is 0 Å². The van der Waals surface area contributed by atoms with E-state index in [2.05, 4.69) is 10.6 Å². The molecule has 19 heavy (non-hydrogen) atoms. The average molecular weight is 292 g/mol. The molecule has 0 spiro atoms. The first-order valence-electron chi connectivity index (χ1n) is 6.11. The summed E-state index contributed by atoms with van der Waals surface area (Å²) in [5.74, 6) is -0.569. The highest BCUT2D eigenvalue weighted by atomic mass is 32.2. The molecule has 0 radical (unpaired) electrons. The number of hydrogen-bond acceptors (Lipinski definition) is 4. The summed E-state index contributed by atoms with van der Waals surface area (Å²) in [7, 11) is -0.961. The van der Waals surface area contributed by atoms with E-state index in [-0.39, 0.29) is 24.7 Å². The normalized spacial score (nSPS) is 25.6. The summed E-state index contributed by atoms with van der Waals surface area (Å²) in [5.41, 5.74) is 0. The fraction of sp³-hybridized carbons (Fsp3) is 0.818. The van der Waals surface area contributed by atoms with Gasteiger partial charge in [0, 0.05) is 35.4 Å². The first kappa shape index (κ1) is 15.9. The summed E-state index contributed by atoms with van der Waals surface area (Å²) < 4.78 is 16.2. The largest absolute Gasteiger partial charge is 0.479 e. The van der Waals surface area contributed by atoms with Gasteiger partial charge < -0.3 is 20.5 Å². The van der Waals surface area contributed by atoms with Gasteiger partial charge >= 0.3 is 12.0 Å². The molecule has 110 valence electrons. The van der Waals surface area contributed by atoms with Crippen LogP contribution in [0.2, 0.25) is 0 Å². The summed E-state index contributed by atoms with van der Waals surface area (Å²) >= 11 is 0. The molecule has 0 aromatic rings. The third kappa shape index (κ3) is 6.02. The van der Waals surface area contributed by atoms with Gasteiger partial charge in [0.15, 0.2) is 6.10 Å². The summed E-state index contributed by atoms with van der Waals surface area (Å²) in [4.78, 5) is 22.2. The van der Waals surface area contributed by atoms with Crippen molar-refractivity contribution >= 4 is 22.8 Å². The Hall–Kier alpha value is -1.15. The molecule has 0 aromatic heterocycles. The number of nitrogens with one attached hydrogen (secondary N) is 2. The number of carboxylic acid groups (broad SMARTS) is 1. The second kappa shape index (κ2) is 7.44. The van der Waals surface area contributed by atoms with Crippen LogP contribution < -0.4 is 10.6 Å². The van der Waals surface area contributed by atoms with E-state index in [1.807, 2.05) is 0 Å². The van der Waals surface area contributed by atoms with Gasteiger partial charge in [-0.15, -0.1) is 0 Å². The van der Waals surface area contributed by atoms with Crippen molar-refractivity contribution in [1.82, 2.24) is 10.6 Å². The van der Waals surface area contributed by atoms with Crippen molar-refractivity contribution in [2.45, 2.75) is 38.0 Å². The minimum absolute atomic E-state index is 0.179. The van der Waals surface area contributed by atoms with Crippen LogP contribution in [0.25, 0.3) is 0 Å². The molecule has 3 N–H and O–H groups in total. The number of amides is 2. The van der Waals surface area contributed by atoms with Crippen molar-refractivity contribution in [2.75, 3.05) is 18.6 Å². The van der Waals surface area contributed by atoms with E-state index in [4.69, 9.17) is 9.84 Å². The van der Waals surface area contributed by atoms with E-state index < -0.39 is 22.9 Å². The lowest BCUT2D eigenvalue weighted by molar-refractivity contribution is -0.149. The molecular weight excluding hydrogens is 272 g/mol. The Bertz CT molecular complexity index is 363. The number of rotatable bonds is 6. The predicted octanol–water partition coefficient (Wildman–Crippen LogP) is -0.315. The van der Waals surface area contributed by atoms with Gasteiger partial charge in [-0.2, -0.15) is 0 Å². The number of ether oxygens (including phenoxy) is 1. The third-order valence-electron chi connectivity index (χ3n) is 2.74. The van der Waals surface area contributed by atoms with Crippen molar-refractivity contribution < 1.29 is 23.6 Å². The number of carbonyl (C=O) groups is 2. The van der Waals surface area contributed by atoms with Gasteiger partial charge in [0.05, 0.1) is 6.10 Å². The average Bonchev–Trinajstić information content (AvgIpc) is 2.73. The van der Waals surface area contributed by atoms with Crippen molar-refractivity contribution in [3.8, 4) is 0 Å². The van der Waals surface area contributed by atoms with Crippen molar-refractivity contribution in [1.29, 1.82) is 0 Å². The molecule has 1 rings (SSSR count). The van der Waals surface area contributed by atoms with Crippen LogP contribution in [0.4, 0.5) is 4.79 Å². The second-order valence-corrected chi connectivity index (χ2v) is 6.14. The van der Waals surface area contributed by atoms with Crippen molar-refractivity contribution in [3.05, 3.63) is 0 Å². The van der Waals surface area contributed by atoms with Gasteiger partial charge in [0.1, 0.15) is 0 Å². The maximum Gasteiger partial charge on any atom is 0.332 e. The van der Waals surface area contributed by atoms with Crippen molar-refractivity contribution in [3.63, 3.8) is 0 Å². The zero-order chi connectivity index (χ0) is 14.4. The van der Waals surface area contributed by atoms with E-state index in [9.17, 15) is 13.8 Å². The highest BCUT2D eigenvalue weighted by molar-refractivity contribution is 7.84. The molecule has 4 atom stereocenters. The molecule has 1 fully saturated rings. The number of carboxylic acids is 1. The smallest absolute Gasteiger partial charge is 0.332 e. The zero-order valence-corrected chi connectivity index (χ0v) is 11.9. The molecule has 1 aliphatic heterocycles. The second-order valence-electron chi connectivity index (χ2n) is 4.66. The highest BCUT2D eigenvalue weighted by Gasteiger charge is 2.30. The Labute approximate surface area is 114 Å². The lowest BCUT2D eigenvalue weighted by atomic mass is 10.2. The van der Waals surface area contributed by atoms with Crippen LogP contribution in [0.3, 0.4) is 0 Å². The van der Waals surface area contributed by atoms with E-state index in [1.54, 1.807) is 13.2 Å². The van der Waals surface area contributed by atoms with E-state index in [1.165, 1.54) is 0 Å². The summed E-state index contributed by atoms with van der Waals surface area (Å²) in [5, 5.41) is 14.0. The lowest BCUT2D eigenvalue weighted by Crippen LogP contribution is -2.45. The molecule has 0 aliphatic carbocycles. The standard InChI is InChI=1S/C11H20N2O5S/c1-7(6-19(2)17)13-11(16)12-5-8-3-4-9(18-8)10(14)15/h7-9H,3-6H2,1-2H3,(H,14,15)(H2,12,13,16). The van der Waals surface area contributed by atoms with Crippen LogP contribution in [0.1, 0.15) is 19.8 Å². The SMILES string of the molecule is CC(CS(C)=O)NC(=O)NCC1CCC(C(=O)O)O1. The lowest BCUT2D eigenvalue weighted by Gasteiger charge is -2.15. The Morgan fingerprint density at radius 3 is 2.68 bits per heavy atom. The van der Waals surface area contributed by atoms with Crippen LogP contribution in [0, 0.1) is 0 Å². The maximum absolute atomic E-state index is 11.5. The van der Waals surface area contributed by atoms with Crippen molar-refractivity contribution in [2.24, 2.45) is 0 Å². The molecule has 8 heteroatoms. The van der Waals surface area contributed by atoms with Crippen LogP contribution in [-0.4, -0.2) is 58.1 Å². The molecule has 0 saturated carbocycles. The molecule has 7 nitrogen and oxygen atoms in total. The number of aliphatic carboxylic acids is 1. The Morgan fingerprint density at radius 1 is 1.47 bits per heavy atom. The summed E-state index contributed by atoms with van der Waals surface area (Å²) in [6.45, 7) is 2.05. The first-order valence-corrected chi connectivity index (χ1v) is 7.84. The number of hydrogen-bond donors (Lipinski definition) is 3. The number of carbonyl (C=O) groups excluding carboxylic acids is 1. The molecule has 1 heterocycles. The molecule has 1 aliphatic rings. The van der Waals surface area contributed by atoms with Gasteiger partial charge in [0.2, 0.25) is 0 Å². The Balaban J connectivity index is 2.20. The quantitative estimate of drug-likeness (QED) is 0.622. The minimum Gasteiger partial charge on any atom is -0.479 e. The molecule has 0 bridgehead atoms. The Kier molecular flexibility index (Phi) is 6.23. The van der Waals surface area contributed by atoms with Gasteiger partial charge in [-0.25, -0.2) is 9.59 Å². The molecule has 4 unspecified atom stereocenters. The minimum atomic E-state index is -0.967. The monoisotopic (exact) mass is 292 g/mol. The van der Waals surface area contributed by atoms with Crippen LogP contribution in [-0.2, 0) is 20.3 Å². The van der Waals surface area contributed by atoms with Gasteiger partial charge in [-0.3, -0.25) is 4.21 Å². The molecular formula is C11H20N2O5S. The molecule has 0 aromatic carbocycles. The predicted molar refractivity (Wildman–Crippen MR) is 70.5 cm³/mol. The zero-order valence-electron chi connectivity index (χ0n) is 11.0. The maximum atomic E-state index is 11.5. The van der Waals surface area contributed by atoms with E-state index in [0.717, 1.165) is 0 Å². The molecule has 2 amide bonds. The fourth-order valence-corrected chi connectivity index (χ4v) is 2.70. The van der Waals surface area contributed by atoms with E-state index >= 15 is 0 Å². The third-order valence-corrected chi connectivity index (χ3v) is 3.70. The number of urea groups is 1. The highest BCUT2D eigenvalue weighted by Crippen LogP contribution is 2.19. The fourth-order valence-electron chi connectivity index (χ4n) is 1.91.